The van der Waals surface area contributed by atoms with E-state index in [2.05, 4.69) is 36.5 Å². The molecule has 2 aliphatic rings. The summed E-state index contributed by atoms with van der Waals surface area (Å²) in [7, 11) is 2.21. The number of piperidine rings is 1. The minimum absolute atomic E-state index is 0.220. The summed E-state index contributed by atoms with van der Waals surface area (Å²) in [5.41, 5.74) is 4.28. The number of ether oxygens (including phenoxy) is 2. The number of hydrogen-bond donors (Lipinski definition) is 2. The second kappa shape index (κ2) is 17.1. The molecule has 12 nitrogen and oxygen atoms in total. The fraction of sp³-hybridized carbons (Fsp3) is 0.378. The summed E-state index contributed by atoms with van der Waals surface area (Å²) in [4.78, 5) is 28.4. The number of carbonyl (C=O) groups is 1. The Labute approximate surface area is 307 Å². The minimum atomic E-state index is -1.20. The number of aromatic nitrogens is 2. The van der Waals surface area contributed by atoms with Gasteiger partial charge >= 0.3 is 6.09 Å². The predicted octanol–water partition coefficient (Wildman–Crippen LogP) is 6.53. The molecular weight excluding hydrogens is 688 g/mol. The third-order valence-corrected chi connectivity index (χ3v) is 10.6. The Kier molecular flexibility index (Phi) is 12.1. The van der Waals surface area contributed by atoms with Gasteiger partial charge in [-0.05, 0) is 48.6 Å². The van der Waals surface area contributed by atoms with Gasteiger partial charge in [-0.15, -0.1) is 0 Å². The molecule has 0 aliphatic carbocycles. The first-order chi connectivity index (χ1) is 24.8. The highest BCUT2D eigenvalue weighted by Crippen LogP contribution is 2.34. The fourth-order valence-corrected chi connectivity index (χ4v) is 6.97. The summed E-state index contributed by atoms with van der Waals surface area (Å²) < 4.78 is 25.1. The smallest absolute Gasteiger partial charge is 0.410 e. The van der Waals surface area contributed by atoms with Crippen molar-refractivity contribution in [3.63, 3.8) is 0 Å². The Balaban J connectivity index is 0.997. The predicted molar refractivity (Wildman–Crippen MR) is 205 cm³/mol. The number of amides is 1. The number of nitrogens with zero attached hydrogens (tertiary/aromatic N) is 6. The van der Waals surface area contributed by atoms with Crippen molar-refractivity contribution in [1.29, 1.82) is 0 Å². The van der Waals surface area contributed by atoms with Gasteiger partial charge in [0, 0.05) is 70.9 Å². The van der Waals surface area contributed by atoms with Gasteiger partial charge in [-0.1, -0.05) is 54.1 Å². The van der Waals surface area contributed by atoms with E-state index < -0.39 is 11.0 Å². The lowest BCUT2D eigenvalue weighted by Crippen LogP contribution is -2.49. The van der Waals surface area contributed by atoms with Gasteiger partial charge in [-0.3, -0.25) is 9.21 Å². The molecule has 1 amide bonds. The van der Waals surface area contributed by atoms with Crippen LogP contribution >= 0.6 is 11.6 Å². The highest BCUT2D eigenvalue weighted by atomic mass is 35.5. The van der Waals surface area contributed by atoms with Crippen LogP contribution < -0.4 is 24.6 Å². The highest BCUT2D eigenvalue weighted by Gasteiger charge is 2.27. The molecule has 0 spiro atoms. The van der Waals surface area contributed by atoms with E-state index in [4.69, 9.17) is 21.1 Å². The molecular formula is C37H45ClN8O4S. The maximum absolute atomic E-state index is 12.6. The number of benzene rings is 3. The molecule has 3 aromatic carbocycles. The summed E-state index contributed by atoms with van der Waals surface area (Å²) in [6.07, 6.45) is 4.92. The maximum atomic E-state index is 12.6. The van der Waals surface area contributed by atoms with Crippen LogP contribution in [0.25, 0.3) is 0 Å². The number of methoxy groups -OCH3 is 1. The molecule has 14 heteroatoms. The fourth-order valence-electron chi connectivity index (χ4n) is 6.40. The summed E-state index contributed by atoms with van der Waals surface area (Å²) in [5, 5.41) is 6.89. The Morgan fingerprint density at radius 2 is 1.69 bits per heavy atom. The van der Waals surface area contributed by atoms with Crippen LogP contribution in [-0.4, -0.2) is 96.3 Å². The van der Waals surface area contributed by atoms with E-state index in [1.807, 2.05) is 71.6 Å². The molecule has 1 atom stereocenters. The SMILES string of the molecule is COc1cc(N2CCN(CC3CCN(C(=O)OCc4ccccc4)CC3)CC2)ccc1Nc1ncc(Cl)c(Nc2ccccc2N(C)S(C)=O)n1. The molecule has 2 N–H and O–H groups in total. The largest absolute Gasteiger partial charge is 0.494 e. The highest BCUT2D eigenvalue weighted by molar-refractivity contribution is 7.85. The van der Waals surface area contributed by atoms with Crippen molar-refractivity contribution in [3.8, 4) is 5.75 Å². The third kappa shape index (κ3) is 9.40. The Morgan fingerprint density at radius 3 is 2.41 bits per heavy atom. The average molecular weight is 733 g/mol. The van der Waals surface area contributed by atoms with Crippen molar-refractivity contribution < 1.29 is 18.5 Å². The molecule has 0 bridgehead atoms. The van der Waals surface area contributed by atoms with Gasteiger partial charge in [0.1, 0.15) is 28.4 Å². The van der Waals surface area contributed by atoms with Crippen LogP contribution in [0.1, 0.15) is 18.4 Å². The molecule has 4 aromatic rings. The molecule has 2 fully saturated rings. The van der Waals surface area contributed by atoms with E-state index in [0.29, 0.717) is 40.8 Å². The first kappa shape index (κ1) is 36.2. The second-order valence-electron chi connectivity index (χ2n) is 12.7. The van der Waals surface area contributed by atoms with Gasteiger partial charge in [0.25, 0.3) is 0 Å². The zero-order chi connectivity index (χ0) is 35.7. The number of piperazine rings is 1. The molecule has 6 rings (SSSR count). The van der Waals surface area contributed by atoms with Crippen LogP contribution in [0.2, 0.25) is 5.02 Å². The first-order valence-corrected chi connectivity index (χ1v) is 19.0. The van der Waals surface area contributed by atoms with E-state index in [1.54, 1.807) is 24.7 Å². The Hall–Kier alpha value is -4.59. The quantitative estimate of drug-likeness (QED) is 0.167. The van der Waals surface area contributed by atoms with Crippen molar-refractivity contribution in [2.24, 2.45) is 5.92 Å². The van der Waals surface area contributed by atoms with E-state index in [-0.39, 0.29) is 6.09 Å². The molecule has 1 unspecified atom stereocenters. The van der Waals surface area contributed by atoms with Gasteiger partial charge in [-0.2, -0.15) is 4.98 Å². The molecule has 51 heavy (non-hydrogen) atoms. The van der Waals surface area contributed by atoms with Crippen LogP contribution in [0.3, 0.4) is 0 Å². The van der Waals surface area contributed by atoms with Crippen molar-refractivity contribution in [2.75, 3.05) is 86.1 Å². The lowest BCUT2D eigenvalue weighted by Gasteiger charge is -2.39. The third-order valence-electron chi connectivity index (χ3n) is 9.39. The van der Waals surface area contributed by atoms with Crippen LogP contribution in [0.15, 0.2) is 79.0 Å². The van der Waals surface area contributed by atoms with Crippen molar-refractivity contribution >= 4 is 63.2 Å². The molecule has 0 saturated carbocycles. The summed E-state index contributed by atoms with van der Waals surface area (Å²) in [6.45, 7) is 6.62. The van der Waals surface area contributed by atoms with E-state index in [9.17, 15) is 9.00 Å². The van der Waals surface area contributed by atoms with Gasteiger partial charge in [0.2, 0.25) is 5.95 Å². The molecule has 1 aromatic heterocycles. The number of rotatable bonds is 12. The second-order valence-corrected chi connectivity index (χ2v) is 14.5. The van der Waals surface area contributed by atoms with Crippen molar-refractivity contribution in [1.82, 2.24) is 19.8 Å². The Bertz CT molecular complexity index is 1800. The zero-order valence-corrected chi connectivity index (χ0v) is 30.8. The minimum Gasteiger partial charge on any atom is -0.494 e. The molecule has 3 heterocycles. The number of anilines is 6. The van der Waals surface area contributed by atoms with Crippen molar-refractivity contribution in [3.05, 3.63) is 89.6 Å². The number of likely N-dealkylation sites (tertiary alicyclic amines) is 1. The first-order valence-electron chi connectivity index (χ1n) is 17.1. The lowest BCUT2D eigenvalue weighted by molar-refractivity contribution is 0.0768. The maximum Gasteiger partial charge on any atom is 0.410 e. The normalized spacial score (nSPS) is 16.0. The van der Waals surface area contributed by atoms with E-state index in [1.165, 1.54) is 6.20 Å². The van der Waals surface area contributed by atoms with Crippen molar-refractivity contribution in [2.45, 2.75) is 19.4 Å². The molecule has 2 saturated heterocycles. The Morgan fingerprint density at radius 1 is 0.961 bits per heavy atom. The summed E-state index contributed by atoms with van der Waals surface area (Å²) in [6, 6.07) is 23.4. The topological polar surface area (TPSA) is 115 Å². The van der Waals surface area contributed by atoms with Gasteiger partial charge < -0.3 is 29.9 Å². The standard InChI is InChI=1S/C37H45ClN8O4S/c1-43(51(3)48)33-12-8-7-11-31(33)40-35-30(38)24-39-36(42-35)41-32-14-13-29(23-34(32)49-2)45-21-19-44(20-22-45)25-27-15-17-46(18-16-27)37(47)50-26-28-9-5-4-6-10-28/h4-14,23-24,27H,15-22,25-26H2,1-3H3,(H2,39,40,41,42). The zero-order valence-electron chi connectivity index (χ0n) is 29.3. The summed E-state index contributed by atoms with van der Waals surface area (Å²) >= 11 is 6.48. The number of nitrogens with one attached hydrogen (secondary N) is 2. The van der Waals surface area contributed by atoms with Crippen LogP contribution in [0, 0.1) is 5.92 Å². The van der Waals surface area contributed by atoms with Crippen LogP contribution in [0.4, 0.5) is 39.3 Å². The van der Waals surface area contributed by atoms with Gasteiger partial charge in [-0.25, -0.2) is 14.0 Å². The lowest BCUT2D eigenvalue weighted by atomic mass is 9.96. The monoisotopic (exact) mass is 732 g/mol. The van der Waals surface area contributed by atoms with E-state index in [0.717, 1.165) is 81.3 Å². The number of hydrogen-bond acceptors (Lipinski definition) is 10. The molecule has 270 valence electrons. The number of para-hydroxylation sites is 2. The summed E-state index contributed by atoms with van der Waals surface area (Å²) in [5.74, 6) is 2.01. The van der Waals surface area contributed by atoms with Crippen LogP contribution in [-0.2, 0) is 22.3 Å². The average Bonchev–Trinajstić information content (AvgIpc) is 3.16. The number of halogens is 1. The van der Waals surface area contributed by atoms with Gasteiger partial charge in [0.05, 0.1) is 30.4 Å². The van der Waals surface area contributed by atoms with Gasteiger partial charge in [0.15, 0.2) is 5.82 Å². The van der Waals surface area contributed by atoms with Crippen LogP contribution in [0.5, 0.6) is 5.75 Å². The number of carbonyl (C=O) groups excluding carboxylic acids is 1. The molecule has 2 aliphatic heterocycles. The van der Waals surface area contributed by atoms with E-state index >= 15 is 0 Å². The molecule has 0 radical (unpaired) electrons.